The Morgan fingerprint density at radius 3 is 2.83 bits per heavy atom. The SMILES string of the molecule is CB(O)N1CCCC1c1cc(C(=O)N(C)C)cc2ncc(N3CCOC(C)C3)nc12. The molecule has 0 saturated carbocycles. The van der Waals surface area contributed by atoms with Crippen LogP contribution in [0.2, 0.25) is 6.82 Å². The Bertz CT molecular complexity index is 938. The van der Waals surface area contributed by atoms with Gasteiger partial charge in [0.2, 0.25) is 0 Å². The molecule has 2 aliphatic rings. The van der Waals surface area contributed by atoms with Gasteiger partial charge in [-0.3, -0.25) is 9.78 Å². The zero-order valence-electron chi connectivity index (χ0n) is 18.2. The highest BCUT2D eigenvalue weighted by atomic mass is 16.5. The molecule has 2 unspecified atom stereocenters. The molecule has 2 fully saturated rings. The number of fused-ring (bicyclic) bond motifs is 1. The number of carbonyl (C=O) groups is 1. The first-order valence-corrected chi connectivity index (χ1v) is 10.7. The van der Waals surface area contributed by atoms with Crippen LogP contribution in [0.5, 0.6) is 0 Å². The number of benzene rings is 1. The van der Waals surface area contributed by atoms with Gasteiger partial charge in [-0.1, -0.05) is 0 Å². The summed E-state index contributed by atoms with van der Waals surface area (Å²) in [6.45, 7) is 6.90. The van der Waals surface area contributed by atoms with Crippen LogP contribution in [0, 0.1) is 0 Å². The van der Waals surface area contributed by atoms with Crippen LogP contribution >= 0.6 is 0 Å². The van der Waals surface area contributed by atoms with E-state index < -0.39 is 7.05 Å². The van der Waals surface area contributed by atoms with E-state index in [0.717, 1.165) is 49.4 Å². The lowest BCUT2D eigenvalue weighted by atomic mass is 9.82. The minimum Gasteiger partial charge on any atom is -0.437 e. The maximum absolute atomic E-state index is 12.7. The van der Waals surface area contributed by atoms with Crippen LogP contribution in [0.1, 0.15) is 41.7 Å². The van der Waals surface area contributed by atoms with Crippen LogP contribution in [0.15, 0.2) is 18.3 Å². The molecule has 0 radical (unpaired) electrons. The number of anilines is 1. The second kappa shape index (κ2) is 8.49. The Morgan fingerprint density at radius 2 is 2.13 bits per heavy atom. The normalized spacial score (nSPS) is 22.5. The zero-order valence-corrected chi connectivity index (χ0v) is 18.2. The number of aromatic nitrogens is 2. The summed E-state index contributed by atoms with van der Waals surface area (Å²) in [7, 11) is 2.94. The molecule has 4 rings (SSSR count). The molecular formula is C21H30BN5O3. The van der Waals surface area contributed by atoms with E-state index >= 15 is 0 Å². The van der Waals surface area contributed by atoms with Crippen molar-refractivity contribution in [3.63, 3.8) is 0 Å². The Balaban J connectivity index is 1.83. The summed E-state index contributed by atoms with van der Waals surface area (Å²) < 4.78 is 5.66. The third kappa shape index (κ3) is 4.01. The van der Waals surface area contributed by atoms with Crippen molar-refractivity contribution < 1.29 is 14.6 Å². The lowest BCUT2D eigenvalue weighted by Crippen LogP contribution is -2.41. The molecule has 2 atom stereocenters. The van der Waals surface area contributed by atoms with Crippen molar-refractivity contribution in [1.29, 1.82) is 0 Å². The molecule has 1 N–H and O–H groups in total. The van der Waals surface area contributed by atoms with Crippen LogP contribution in [0.3, 0.4) is 0 Å². The van der Waals surface area contributed by atoms with Gasteiger partial charge in [-0.05, 0) is 50.8 Å². The maximum atomic E-state index is 12.7. The Labute approximate surface area is 178 Å². The van der Waals surface area contributed by atoms with Gasteiger partial charge in [0.05, 0.1) is 29.9 Å². The van der Waals surface area contributed by atoms with Gasteiger partial charge in [0, 0.05) is 38.8 Å². The van der Waals surface area contributed by atoms with Crippen LogP contribution < -0.4 is 4.90 Å². The van der Waals surface area contributed by atoms with Crippen molar-refractivity contribution in [1.82, 2.24) is 19.7 Å². The summed E-state index contributed by atoms with van der Waals surface area (Å²) >= 11 is 0. The predicted molar refractivity (Wildman–Crippen MR) is 118 cm³/mol. The van der Waals surface area contributed by atoms with E-state index in [2.05, 4.69) is 21.6 Å². The number of hydrogen-bond donors (Lipinski definition) is 1. The number of carbonyl (C=O) groups excluding carboxylic acids is 1. The number of nitrogens with zero attached hydrogens (tertiary/aromatic N) is 5. The van der Waals surface area contributed by atoms with Crippen molar-refractivity contribution in [2.75, 3.05) is 45.2 Å². The number of hydrogen-bond acceptors (Lipinski definition) is 7. The van der Waals surface area contributed by atoms with Gasteiger partial charge >= 0.3 is 7.05 Å². The average molecular weight is 411 g/mol. The van der Waals surface area contributed by atoms with E-state index in [1.54, 1.807) is 32.0 Å². The van der Waals surface area contributed by atoms with Crippen LogP contribution in [0.25, 0.3) is 11.0 Å². The molecule has 3 heterocycles. The maximum Gasteiger partial charge on any atom is 0.376 e. The van der Waals surface area contributed by atoms with E-state index in [1.165, 1.54) is 0 Å². The highest BCUT2D eigenvalue weighted by Crippen LogP contribution is 2.36. The minimum absolute atomic E-state index is 0.00979. The van der Waals surface area contributed by atoms with Crippen molar-refractivity contribution >= 4 is 29.8 Å². The topological polar surface area (TPSA) is 82.0 Å². The van der Waals surface area contributed by atoms with Gasteiger partial charge in [0.1, 0.15) is 5.82 Å². The lowest BCUT2D eigenvalue weighted by molar-refractivity contribution is 0.0529. The summed E-state index contributed by atoms with van der Waals surface area (Å²) in [5.41, 5.74) is 3.08. The van der Waals surface area contributed by atoms with E-state index in [9.17, 15) is 9.82 Å². The monoisotopic (exact) mass is 411 g/mol. The third-order valence-corrected chi connectivity index (χ3v) is 6.02. The standard InChI is InChI=1S/C21H30BN5O3/c1-14-13-26(8-9-30-14)19-12-23-17-11-15(21(28)25(3)4)10-16(20(17)24-19)18-6-5-7-27(18)22(2)29/h10-12,14,18,29H,5-9,13H2,1-4H3. The first-order chi connectivity index (χ1) is 14.3. The van der Waals surface area contributed by atoms with Gasteiger partial charge in [0.15, 0.2) is 0 Å². The number of rotatable bonds is 4. The molecule has 2 aliphatic heterocycles. The fourth-order valence-corrected chi connectivity index (χ4v) is 4.52. The average Bonchev–Trinajstić information content (AvgIpc) is 3.22. The Morgan fingerprint density at radius 1 is 1.33 bits per heavy atom. The first-order valence-electron chi connectivity index (χ1n) is 10.7. The molecule has 1 aromatic heterocycles. The summed E-state index contributed by atoms with van der Waals surface area (Å²) in [4.78, 5) is 28.2. The van der Waals surface area contributed by atoms with Crippen molar-refractivity contribution in [3.05, 3.63) is 29.5 Å². The molecule has 1 aromatic carbocycles. The molecule has 8 nitrogen and oxygen atoms in total. The summed E-state index contributed by atoms with van der Waals surface area (Å²) in [6.07, 6.45) is 3.85. The molecule has 9 heteroatoms. The van der Waals surface area contributed by atoms with Crippen LogP contribution in [0.4, 0.5) is 5.82 Å². The molecule has 0 spiro atoms. The van der Waals surface area contributed by atoms with Gasteiger partial charge in [-0.15, -0.1) is 0 Å². The smallest absolute Gasteiger partial charge is 0.376 e. The third-order valence-electron chi connectivity index (χ3n) is 6.02. The van der Waals surface area contributed by atoms with E-state index in [0.29, 0.717) is 17.7 Å². The molecule has 2 aromatic rings. The van der Waals surface area contributed by atoms with E-state index in [1.807, 2.05) is 12.1 Å². The van der Waals surface area contributed by atoms with Crippen molar-refractivity contribution in [2.45, 2.75) is 38.7 Å². The predicted octanol–water partition coefficient (Wildman–Crippen LogP) is 1.80. The van der Waals surface area contributed by atoms with Gasteiger partial charge in [-0.25, -0.2) is 4.98 Å². The fraction of sp³-hybridized carbons (Fsp3) is 0.571. The Hall–Kier alpha value is -2.23. The Kier molecular flexibility index (Phi) is 5.95. The number of amides is 1. The molecule has 1 amide bonds. The summed E-state index contributed by atoms with van der Waals surface area (Å²) in [6, 6.07) is 3.77. The molecular weight excluding hydrogens is 381 g/mol. The highest BCUT2D eigenvalue weighted by Gasteiger charge is 2.33. The van der Waals surface area contributed by atoms with Gasteiger partial charge in [-0.2, -0.15) is 0 Å². The quantitative estimate of drug-likeness (QED) is 0.769. The number of ether oxygens (including phenoxy) is 1. The van der Waals surface area contributed by atoms with E-state index in [-0.39, 0.29) is 18.1 Å². The van der Waals surface area contributed by atoms with Crippen LogP contribution in [-0.2, 0) is 4.74 Å². The van der Waals surface area contributed by atoms with Gasteiger partial charge < -0.3 is 24.4 Å². The summed E-state index contributed by atoms with van der Waals surface area (Å²) in [5.74, 6) is 0.764. The number of morpholine rings is 1. The lowest BCUT2D eigenvalue weighted by Gasteiger charge is -2.32. The van der Waals surface area contributed by atoms with Crippen molar-refractivity contribution in [2.24, 2.45) is 0 Å². The zero-order chi connectivity index (χ0) is 21.4. The molecule has 0 bridgehead atoms. The molecule has 30 heavy (non-hydrogen) atoms. The largest absolute Gasteiger partial charge is 0.437 e. The van der Waals surface area contributed by atoms with Crippen LogP contribution in [-0.4, -0.2) is 84.1 Å². The van der Waals surface area contributed by atoms with Crippen molar-refractivity contribution in [3.8, 4) is 0 Å². The first kappa shape index (κ1) is 21.0. The summed E-state index contributed by atoms with van der Waals surface area (Å²) in [5, 5.41) is 10.3. The second-order valence-electron chi connectivity index (χ2n) is 8.52. The van der Waals surface area contributed by atoms with E-state index in [4.69, 9.17) is 9.72 Å². The fourth-order valence-electron chi connectivity index (χ4n) is 4.52. The highest BCUT2D eigenvalue weighted by molar-refractivity contribution is 6.45. The molecule has 2 saturated heterocycles. The second-order valence-corrected chi connectivity index (χ2v) is 8.52. The minimum atomic E-state index is -0.558. The molecule has 160 valence electrons. The van der Waals surface area contributed by atoms with Gasteiger partial charge in [0.25, 0.3) is 5.91 Å². The molecule has 0 aliphatic carbocycles.